The number of nitrogens with zero attached hydrogens (tertiary/aromatic N) is 3. The molecule has 1 aliphatic heterocycles. The first-order valence-corrected chi connectivity index (χ1v) is 5.86. The molecule has 0 unspecified atom stereocenters. The average Bonchev–Trinajstić information content (AvgIpc) is 2.39. The number of carbonyl (C=O) groups excluding carboxylic acids is 1. The van der Waals surface area contributed by atoms with E-state index in [1.807, 2.05) is 6.92 Å². The maximum absolute atomic E-state index is 11.1. The Morgan fingerprint density at radius 2 is 2.22 bits per heavy atom. The molecule has 2 N–H and O–H groups in total. The molecule has 1 aromatic rings. The van der Waals surface area contributed by atoms with Crippen molar-refractivity contribution in [2.45, 2.75) is 13.0 Å². The predicted molar refractivity (Wildman–Crippen MR) is 67.7 cm³/mol. The average molecular weight is 251 g/mol. The van der Waals surface area contributed by atoms with Gasteiger partial charge in [0.2, 0.25) is 5.95 Å². The SMILES string of the molecule is CNC(=O)Nc1cnc(N2CCO[C@@H](C)C2)nc1. The number of aromatic nitrogens is 2. The van der Waals surface area contributed by atoms with Gasteiger partial charge in [0.1, 0.15) is 0 Å². The summed E-state index contributed by atoms with van der Waals surface area (Å²) in [5.41, 5.74) is 0.569. The number of morpholine rings is 1. The zero-order valence-corrected chi connectivity index (χ0v) is 10.5. The highest BCUT2D eigenvalue weighted by Gasteiger charge is 2.18. The molecular formula is C11H17N5O2. The molecule has 0 aromatic carbocycles. The molecule has 2 heterocycles. The summed E-state index contributed by atoms with van der Waals surface area (Å²) in [6, 6.07) is -0.286. The summed E-state index contributed by atoms with van der Waals surface area (Å²) in [6.07, 6.45) is 3.38. The van der Waals surface area contributed by atoms with Crippen LogP contribution in [0.1, 0.15) is 6.92 Å². The Bertz CT molecular complexity index is 408. The van der Waals surface area contributed by atoms with E-state index in [-0.39, 0.29) is 12.1 Å². The van der Waals surface area contributed by atoms with Crippen molar-refractivity contribution in [1.29, 1.82) is 0 Å². The second-order valence-electron chi connectivity index (χ2n) is 4.10. The molecule has 1 aliphatic rings. The Morgan fingerprint density at radius 3 is 2.83 bits per heavy atom. The van der Waals surface area contributed by atoms with E-state index in [1.54, 1.807) is 19.4 Å². The monoisotopic (exact) mass is 251 g/mol. The van der Waals surface area contributed by atoms with Crippen LogP contribution in [0.3, 0.4) is 0 Å². The third kappa shape index (κ3) is 3.07. The van der Waals surface area contributed by atoms with Crippen molar-refractivity contribution in [3.63, 3.8) is 0 Å². The van der Waals surface area contributed by atoms with Gasteiger partial charge in [0.25, 0.3) is 0 Å². The fraction of sp³-hybridized carbons (Fsp3) is 0.545. The highest BCUT2D eigenvalue weighted by Crippen LogP contribution is 2.13. The summed E-state index contributed by atoms with van der Waals surface area (Å²) < 4.78 is 5.46. The number of carbonyl (C=O) groups is 1. The van der Waals surface area contributed by atoms with Crippen molar-refractivity contribution in [1.82, 2.24) is 15.3 Å². The number of hydrogen-bond donors (Lipinski definition) is 2. The van der Waals surface area contributed by atoms with Crippen molar-refractivity contribution < 1.29 is 9.53 Å². The van der Waals surface area contributed by atoms with Gasteiger partial charge in [0, 0.05) is 20.1 Å². The van der Waals surface area contributed by atoms with E-state index in [0.717, 1.165) is 13.1 Å². The van der Waals surface area contributed by atoms with Gasteiger partial charge in [0.05, 0.1) is 30.8 Å². The lowest BCUT2D eigenvalue weighted by molar-refractivity contribution is 0.0526. The van der Waals surface area contributed by atoms with Crippen LogP contribution in [0.4, 0.5) is 16.4 Å². The maximum Gasteiger partial charge on any atom is 0.319 e. The normalized spacial score (nSPS) is 19.4. The van der Waals surface area contributed by atoms with Gasteiger partial charge in [-0.2, -0.15) is 0 Å². The number of urea groups is 1. The minimum atomic E-state index is -0.286. The fourth-order valence-electron chi connectivity index (χ4n) is 1.74. The molecular weight excluding hydrogens is 234 g/mol. The summed E-state index contributed by atoms with van der Waals surface area (Å²) >= 11 is 0. The molecule has 1 saturated heterocycles. The van der Waals surface area contributed by atoms with Crippen LogP contribution in [0.5, 0.6) is 0 Å². The molecule has 98 valence electrons. The maximum atomic E-state index is 11.1. The molecule has 2 amide bonds. The molecule has 7 nitrogen and oxygen atoms in total. The van der Waals surface area contributed by atoms with Crippen LogP contribution in [0.15, 0.2) is 12.4 Å². The van der Waals surface area contributed by atoms with Crippen LogP contribution < -0.4 is 15.5 Å². The molecule has 0 spiro atoms. The Balaban J connectivity index is 2.00. The van der Waals surface area contributed by atoms with Crippen molar-refractivity contribution in [3.8, 4) is 0 Å². The van der Waals surface area contributed by atoms with Gasteiger partial charge >= 0.3 is 6.03 Å². The number of ether oxygens (including phenoxy) is 1. The molecule has 0 aliphatic carbocycles. The predicted octanol–water partition coefficient (Wildman–Crippen LogP) is 0.453. The van der Waals surface area contributed by atoms with Crippen LogP contribution in [-0.2, 0) is 4.74 Å². The fourth-order valence-corrected chi connectivity index (χ4v) is 1.74. The molecule has 1 aromatic heterocycles. The summed E-state index contributed by atoms with van der Waals surface area (Å²) in [7, 11) is 1.56. The third-order valence-electron chi connectivity index (χ3n) is 2.65. The molecule has 1 atom stereocenters. The first-order chi connectivity index (χ1) is 8.69. The first-order valence-electron chi connectivity index (χ1n) is 5.86. The minimum Gasteiger partial charge on any atom is -0.375 e. The Morgan fingerprint density at radius 1 is 1.50 bits per heavy atom. The Hall–Kier alpha value is -1.89. The van der Waals surface area contributed by atoms with Crippen molar-refractivity contribution in [2.75, 3.05) is 37.0 Å². The topological polar surface area (TPSA) is 79.4 Å². The number of hydrogen-bond acceptors (Lipinski definition) is 5. The molecule has 2 rings (SSSR count). The molecule has 0 bridgehead atoms. The van der Waals surface area contributed by atoms with Gasteiger partial charge in [-0.15, -0.1) is 0 Å². The number of nitrogens with one attached hydrogen (secondary N) is 2. The highest BCUT2D eigenvalue weighted by atomic mass is 16.5. The summed E-state index contributed by atoms with van der Waals surface area (Å²) in [5, 5.41) is 5.08. The lowest BCUT2D eigenvalue weighted by Gasteiger charge is -2.31. The molecule has 7 heteroatoms. The smallest absolute Gasteiger partial charge is 0.319 e. The van der Waals surface area contributed by atoms with Crippen LogP contribution >= 0.6 is 0 Å². The van der Waals surface area contributed by atoms with E-state index >= 15 is 0 Å². The molecule has 0 radical (unpaired) electrons. The summed E-state index contributed by atoms with van der Waals surface area (Å²) in [5.74, 6) is 0.660. The number of amides is 2. The van der Waals surface area contributed by atoms with E-state index in [9.17, 15) is 4.79 Å². The lowest BCUT2D eigenvalue weighted by Crippen LogP contribution is -2.42. The first kappa shape index (κ1) is 12.6. The zero-order valence-electron chi connectivity index (χ0n) is 10.5. The molecule has 18 heavy (non-hydrogen) atoms. The van der Waals surface area contributed by atoms with Crippen molar-refractivity contribution >= 4 is 17.7 Å². The van der Waals surface area contributed by atoms with E-state index in [4.69, 9.17) is 4.74 Å². The quantitative estimate of drug-likeness (QED) is 0.798. The van der Waals surface area contributed by atoms with Gasteiger partial charge in [-0.3, -0.25) is 0 Å². The highest BCUT2D eigenvalue weighted by molar-refractivity contribution is 5.88. The second-order valence-corrected chi connectivity index (χ2v) is 4.10. The van der Waals surface area contributed by atoms with E-state index in [0.29, 0.717) is 18.2 Å². The van der Waals surface area contributed by atoms with E-state index in [2.05, 4.69) is 25.5 Å². The van der Waals surface area contributed by atoms with Gasteiger partial charge in [-0.1, -0.05) is 0 Å². The minimum absolute atomic E-state index is 0.186. The van der Waals surface area contributed by atoms with Gasteiger partial charge < -0.3 is 20.3 Å². The summed E-state index contributed by atoms with van der Waals surface area (Å²) in [6.45, 7) is 4.27. The third-order valence-corrected chi connectivity index (χ3v) is 2.65. The Kier molecular flexibility index (Phi) is 3.93. The number of anilines is 2. The van der Waals surface area contributed by atoms with Gasteiger partial charge in [0.15, 0.2) is 0 Å². The summed E-state index contributed by atoms with van der Waals surface area (Å²) in [4.78, 5) is 21.7. The molecule has 1 fully saturated rings. The zero-order chi connectivity index (χ0) is 13.0. The van der Waals surface area contributed by atoms with E-state index in [1.165, 1.54) is 0 Å². The number of rotatable bonds is 2. The van der Waals surface area contributed by atoms with E-state index < -0.39 is 0 Å². The van der Waals surface area contributed by atoms with Gasteiger partial charge in [-0.25, -0.2) is 14.8 Å². The standard InChI is InChI=1S/C11H17N5O2/c1-8-7-16(3-4-18-8)10-13-5-9(6-14-10)15-11(17)12-2/h5-6,8H,3-4,7H2,1-2H3,(H2,12,15,17)/t8-/m0/s1. The molecule has 0 saturated carbocycles. The largest absolute Gasteiger partial charge is 0.375 e. The Labute approximate surface area is 106 Å². The lowest BCUT2D eigenvalue weighted by atomic mass is 10.3. The van der Waals surface area contributed by atoms with Crippen LogP contribution in [-0.4, -0.2) is 48.8 Å². The second kappa shape index (κ2) is 5.63. The van der Waals surface area contributed by atoms with Crippen LogP contribution in [0.2, 0.25) is 0 Å². The van der Waals surface area contributed by atoms with Crippen LogP contribution in [0, 0.1) is 0 Å². The van der Waals surface area contributed by atoms with Crippen LogP contribution in [0.25, 0.3) is 0 Å². The van der Waals surface area contributed by atoms with Crippen molar-refractivity contribution in [3.05, 3.63) is 12.4 Å². The van der Waals surface area contributed by atoms with Crippen molar-refractivity contribution in [2.24, 2.45) is 0 Å². The van der Waals surface area contributed by atoms with Gasteiger partial charge in [-0.05, 0) is 6.92 Å².